The first-order chi connectivity index (χ1) is 9.09. The second-order valence-corrected chi connectivity index (χ2v) is 7.07. The highest BCUT2D eigenvalue weighted by atomic mass is 35.5. The van der Waals surface area contributed by atoms with Gasteiger partial charge in [0.2, 0.25) is 0 Å². The summed E-state index contributed by atoms with van der Waals surface area (Å²) in [6, 6.07) is 9.98. The van der Waals surface area contributed by atoms with Gasteiger partial charge in [-0.25, -0.2) is 8.42 Å². The number of hydrogen-bond donors (Lipinski definition) is 1. The van der Waals surface area contributed by atoms with Gasteiger partial charge in [0.15, 0.2) is 9.84 Å². The molecule has 0 saturated carbocycles. The van der Waals surface area contributed by atoms with Gasteiger partial charge < -0.3 is 10.5 Å². The van der Waals surface area contributed by atoms with E-state index >= 15 is 0 Å². The van der Waals surface area contributed by atoms with Gasteiger partial charge in [-0.1, -0.05) is 6.07 Å². The average molecular weight is 334 g/mol. The Hall–Kier alpha value is -1.08. The molecule has 7 heteroatoms. The molecular weight excluding hydrogens is 318 g/mol. The number of nitrogens with two attached hydrogens (primary N) is 1. The molecule has 2 aromatic rings. The van der Waals surface area contributed by atoms with Crippen molar-refractivity contribution in [1.29, 1.82) is 0 Å². The second kappa shape index (κ2) is 7.08. The minimum atomic E-state index is -3.47. The molecule has 0 saturated heterocycles. The third-order valence-corrected chi connectivity index (χ3v) is 6.10. The molecule has 0 aliphatic rings. The van der Waals surface area contributed by atoms with Crippen molar-refractivity contribution in [2.24, 2.45) is 5.73 Å². The highest BCUT2D eigenvalue weighted by molar-refractivity contribution is 7.91. The summed E-state index contributed by atoms with van der Waals surface area (Å²) in [5.41, 5.74) is 5.65. The van der Waals surface area contributed by atoms with Gasteiger partial charge >= 0.3 is 0 Å². The molecule has 1 aromatic carbocycles. The number of benzene rings is 1. The molecule has 1 unspecified atom stereocenters. The van der Waals surface area contributed by atoms with Crippen molar-refractivity contribution in [1.82, 2.24) is 0 Å². The van der Waals surface area contributed by atoms with Crippen LogP contribution in [0.2, 0.25) is 0 Å². The van der Waals surface area contributed by atoms with Crippen LogP contribution >= 0.6 is 23.7 Å². The van der Waals surface area contributed by atoms with Crippen LogP contribution in [0.25, 0.3) is 0 Å². The smallest absolute Gasteiger partial charge is 0.187 e. The molecule has 0 spiro atoms. The molecule has 110 valence electrons. The summed E-state index contributed by atoms with van der Waals surface area (Å²) < 4.78 is 30.1. The number of rotatable bonds is 5. The van der Waals surface area contributed by atoms with Crippen molar-refractivity contribution in [3.63, 3.8) is 0 Å². The molecule has 0 fully saturated rings. The van der Waals surface area contributed by atoms with Crippen LogP contribution in [0.3, 0.4) is 0 Å². The summed E-state index contributed by atoms with van der Waals surface area (Å²) in [4.78, 5) is 1.02. The van der Waals surface area contributed by atoms with Crippen LogP contribution in [0, 0.1) is 0 Å². The molecule has 0 aliphatic carbocycles. The Balaban J connectivity index is 0.00000200. The minimum Gasteiger partial charge on any atom is -0.497 e. The lowest BCUT2D eigenvalue weighted by Crippen LogP contribution is -2.21. The maximum atomic E-state index is 12.5. The van der Waals surface area contributed by atoms with E-state index in [4.69, 9.17) is 10.5 Å². The van der Waals surface area contributed by atoms with Crippen molar-refractivity contribution in [3.8, 4) is 5.75 Å². The van der Waals surface area contributed by atoms with Crippen LogP contribution in [-0.2, 0) is 9.84 Å². The first-order valence-corrected chi connectivity index (χ1v) is 8.13. The Morgan fingerprint density at radius 3 is 2.35 bits per heavy atom. The zero-order chi connectivity index (χ0) is 13.9. The van der Waals surface area contributed by atoms with Gasteiger partial charge in [0.05, 0.1) is 12.0 Å². The van der Waals surface area contributed by atoms with Crippen LogP contribution in [0.5, 0.6) is 5.75 Å². The molecule has 4 nitrogen and oxygen atoms in total. The Morgan fingerprint density at radius 1 is 1.25 bits per heavy atom. The lowest BCUT2D eigenvalue weighted by molar-refractivity contribution is 0.414. The van der Waals surface area contributed by atoms with Crippen molar-refractivity contribution in [3.05, 3.63) is 46.7 Å². The first-order valence-electron chi connectivity index (χ1n) is 5.71. The SMILES string of the molecule is COc1ccc(S(=O)(=O)C(CN)c2cccs2)cc1.Cl. The number of sulfone groups is 1. The highest BCUT2D eigenvalue weighted by Crippen LogP contribution is 2.31. The standard InChI is InChI=1S/C13H15NO3S2.ClH/c1-17-10-4-6-11(7-5-10)19(15,16)13(9-14)12-3-2-8-18-12;/h2-8,13H,9,14H2,1H3;1H. The second-order valence-electron chi connectivity index (χ2n) is 3.96. The Morgan fingerprint density at radius 2 is 1.90 bits per heavy atom. The van der Waals surface area contributed by atoms with Gasteiger partial charge in [-0.05, 0) is 35.7 Å². The maximum absolute atomic E-state index is 12.5. The molecule has 2 rings (SSSR count). The number of thiophene rings is 1. The molecule has 0 aliphatic heterocycles. The highest BCUT2D eigenvalue weighted by Gasteiger charge is 2.28. The number of hydrogen-bond acceptors (Lipinski definition) is 5. The normalized spacial score (nSPS) is 12.5. The van der Waals surface area contributed by atoms with E-state index in [2.05, 4.69) is 0 Å². The average Bonchev–Trinajstić information content (AvgIpc) is 2.93. The van der Waals surface area contributed by atoms with E-state index in [0.717, 1.165) is 4.88 Å². The predicted molar refractivity (Wildman–Crippen MR) is 83.5 cm³/mol. The number of halogens is 1. The van der Waals surface area contributed by atoms with E-state index < -0.39 is 15.1 Å². The van der Waals surface area contributed by atoms with Crippen molar-refractivity contribution in [2.45, 2.75) is 10.1 Å². The number of methoxy groups -OCH3 is 1. The molecule has 0 radical (unpaired) electrons. The Labute approximate surface area is 128 Å². The Kier molecular flexibility index (Phi) is 6.01. The van der Waals surface area contributed by atoms with E-state index in [-0.39, 0.29) is 23.8 Å². The fraction of sp³-hybridized carbons (Fsp3) is 0.231. The summed E-state index contributed by atoms with van der Waals surface area (Å²) in [7, 11) is -1.93. The van der Waals surface area contributed by atoms with E-state index in [1.807, 2.05) is 11.4 Å². The van der Waals surface area contributed by atoms with Gasteiger partial charge in [-0.15, -0.1) is 23.7 Å². The van der Waals surface area contributed by atoms with Crippen LogP contribution < -0.4 is 10.5 Å². The summed E-state index contributed by atoms with van der Waals surface area (Å²) in [6.45, 7) is 0.0644. The first kappa shape index (κ1) is 17.0. The van der Waals surface area contributed by atoms with Crippen molar-refractivity contribution < 1.29 is 13.2 Å². The minimum absolute atomic E-state index is 0. The van der Waals surface area contributed by atoms with Crippen molar-refractivity contribution in [2.75, 3.05) is 13.7 Å². The van der Waals surface area contributed by atoms with Gasteiger partial charge in [0.25, 0.3) is 0 Å². The Bertz CT molecular complexity index is 624. The third-order valence-electron chi connectivity index (χ3n) is 2.84. The van der Waals surface area contributed by atoms with Gasteiger partial charge in [0.1, 0.15) is 11.0 Å². The lowest BCUT2D eigenvalue weighted by atomic mass is 10.3. The summed E-state index contributed by atoms with van der Waals surface area (Å²) >= 11 is 1.40. The molecule has 0 amide bonds. The third kappa shape index (κ3) is 3.32. The summed E-state index contributed by atoms with van der Waals surface area (Å²) in [6.07, 6.45) is 0. The van der Waals surface area contributed by atoms with Gasteiger partial charge in [0, 0.05) is 11.4 Å². The number of ether oxygens (including phenoxy) is 1. The fourth-order valence-corrected chi connectivity index (χ4v) is 4.55. The molecule has 0 bridgehead atoms. The van der Waals surface area contributed by atoms with Crippen LogP contribution in [-0.4, -0.2) is 22.1 Å². The zero-order valence-electron chi connectivity index (χ0n) is 10.9. The molecule has 1 heterocycles. The van der Waals surface area contributed by atoms with Crippen LogP contribution in [0.4, 0.5) is 0 Å². The van der Waals surface area contributed by atoms with E-state index in [1.54, 1.807) is 30.3 Å². The largest absolute Gasteiger partial charge is 0.497 e. The zero-order valence-corrected chi connectivity index (χ0v) is 13.3. The predicted octanol–water partition coefficient (Wildman–Crippen LogP) is 2.65. The van der Waals surface area contributed by atoms with Crippen molar-refractivity contribution >= 4 is 33.6 Å². The van der Waals surface area contributed by atoms with E-state index in [9.17, 15) is 8.42 Å². The van der Waals surface area contributed by atoms with E-state index in [0.29, 0.717) is 5.75 Å². The van der Waals surface area contributed by atoms with Gasteiger partial charge in [-0.2, -0.15) is 0 Å². The molecular formula is C13H16ClNO3S2. The molecule has 1 atom stereocenters. The molecule has 20 heavy (non-hydrogen) atoms. The fourth-order valence-electron chi connectivity index (χ4n) is 1.80. The van der Waals surface area contributed by atoms with E-state index in [1.165, 1.54) is 18.4 Å². The quantitative estimate of drug-likeness (QED) is 0.913. The molecule has 2 N–H and O–H groups in total. The summed E-state index contributed by atoms with van der Waals surface area (Å²) in [5, 5.41) is 1.16. The molecule has 1 aromatic heterocycles. The van der Waals surface area contributed by atoms with Crippen LogP contribution in [0.1, 0.15) is 10.1 Å². The maximum Gasteiger partial charge on any atom is 0.187 e. The topological polar surface area (TPSA) is 69.4 Å². The monoisotopic (exact) mass is 333 g/mol. The van der Waals surface area contributed by atoms with Gasteiger partial charge in [-0.3, -0.25) is 0 Å². The van der Waals surface area contributed by atoms with Crippen LogP contribution in [0.15, 0.2) is 46.7 Å². The lowest BCUT2D eigenvalue weighted by Gasteiger charge is -2.14. The summed E-state index contributed by atoms with van der Waals surface area (Å²) in [5.74, 6) is 0.624.